The zero-order chi connectivity index (χ0) is 11.9. The minimum atomic E-state index is 1.03. The fourth-order valence-electron chi connectivity index (χ4n) is 2.69. The fraction of sp³-hybridized carbons (Fsp3) is 0.429. The van der Waals surface area contributed by atoms with Crippen LogP contribution in [0.2, 0.25) is 0 Å². The molecule has 0 unspecified atom stereocenters. The number of benzene rings is 1. The largest absolute Gasteiger partial charge is 0.314 e. The molecule has 0 bridgehead atoms. The van der Waals surface area contributed by atoms with Crippen LogP contribution in [0.15, 0.2) is 24.3 Å². The van der Waals surface area contributed by atoms with Crippen LogP contribution in [0.4, 0.5) is 0 Å². The Labute approximate surface area is 102 Å². The highest BCUT2D eigenvalue weighted by Gasteiger charge is 2.35. The number of para-hydroxylation sites is 2. The van der Waals surface area contributed by atoms with Gasteiger partial charge in [-0.3, -0.25) is 0 Å². The van der Waals surface area contributed by atoms with Crippen LogP contribution in [0.25, 0.3) is 11.0 Å². The van der Waals surface area contributed by atoms with Gasteiger partial charge in [0.15, 0.2) is 0 Å². The molecule has 0 saturated heterocycles. The second kappa shape index (κ2) is 3.77. The molecular formula is C14H18N3+. The molecule has 0 radical (unpaired) electrons. The van der Waals surface area contributed by atoms with Gasteiger partial charge in [0.25, 0.3) is 0 Å². The van der Waals surface area contributed by atoms with Gasteiger partial charge in [0.05, 0.1) is 24.1 Å². The molecule has 1 aromatic carbocycles. The smallest absolute Gasteiger partial charge is 0.124 e. The molecule has 0 saturated carbocycles. The van der Waals surface area contributed by atoms with Crippen molar-refractivity contribution >= 4 is 11.0 Å². The monoisotopic (exact) mass is 228 g/mol. The van der Waals surface area contributed by atoms with E-state index in [0.717, 1.165) is 41.7 Å². The number of nitrogens with zero attached hydrogens (tertiary/aromatic N) is 3. The first-order valence-electron chi connectivity index (χ1n) is 6.36. The van der Waals surface area contributed by atoms with Crippen LogP contribution in [0, 0.1) is 0 Å². The summed E-state index contributed by atoms with van der Waals surface area (Å²) in [5.41, 5.74) is 4.46. The van der Waals surface area contributed by atoms with Crippen LogP contribution in [0.1, 0.15) is 25.2 Å². The molecule has 2 aromatic rings. The summed E-state index contributed by atoms with van der Waals surface area (Å²) >= 11 is 0. The average molecular weight is 228 g/mol. The molecule has 0 fully saturated rings. The van der Waals surface area contributed by atoms with Crippen LogP contribution in [0.5, 0.6) is 0 Å². The summed E-state index contributed by atoms with van der Waals surface area (Å²) in [4.78, 5) is 9.54. The maximum Gasteiger partial charge on any atom is 0.124 e. The van der Waals surface area contributed by atoms with Crippen molar-refractivity contribution in [3.05, 3.63) is 35.7 Å². The molecule has 0 spiro atoms. The molecule has 3 rings (SSSR count). The maximum absolute atomic E-state index is 4.77. The molecule has 0 amide bonds. The quantitative estimate of drug-likeness (QED) is 0.738. The second-order valence-corrected chi connectivity index (χ2v) is 4.90. The van der Waals surface area contributed by atoms with Gasteiger partial charge in [0.2, 0.25) is 0 Å². The molecule has 0 atom stereocenters. The molecular weight excluding hydrogens is 210 g/mol. The maximum atomic E-state index is 4.77. The van der Waals surface area contributed by atoms with E-state index in [2.05, 4.69) is 13.8 Å². The van der Waals surface area contributed by atoms with E-state index in [1.807, 2.05) is 24.3 Å². The molecule has 2 heterocycles. The van der Waals surface area contributed by atoms with Crippen LogP contribution in [-0.2, 0) is 13.1 Å². The first kappa shape index (κ1) is 10.7. The second-order valence-electron chi connectivity index (χ2n) is 4.90. The van der Waals surface area contributed by atoms with Gasteiger partial charge in [-0.05, 0) is 26.0 Å². The summed E-state index contributed by atoms with van der Waals surface area (Å²) in [6.07, 6.45) is 0. The van der Waals surface area contributed by atoms with Gasteiger partial charge in [-0.1, -0.05) is 12.1 Å². The summed E-state index contributed by atoms with van der Waals surface area (Å²) in [6, 6.07) is 8.15. The lowest BCUT2D eigenvalue weighted by Gasteiger charge is -2.30. The molecule has 17 heavy (non-hydrogen) atoms. The van der Waals surface area contributed by atoms with E-state index in [4.69, 9.17) is 9.97 Å². The van der Waals surface area contributed by atoms with Crippen molar-refractivity contribution in [2.45, 2.75) is 26.9 Å². The number of rotatable bonds is 2. The standard InChI is InChI=1S/C14H18N3/c1-3-17(4-2)9-13-14(10-17)16-12-8-6-5-7-11(12)15-13/h5-8H,3-4,9-10H2,1-2H3/q+1. The van der Waals surface area contributed by atoms with Gasteiger partial charge >= 0.3 is 0 Å². The fourth-order valence-corrected chi connectivity index (χ4v) is 2.69. The van der Waals surface area contributed by atoms with Gasteiger partial charge in [0, 0.05) is 0 Å². The Morgan fingerprint density at radius 2 is 1.41 bits per heavy atom. The first-order valence-corrected chi connectivity index (χ1v) is 6.36. The average Bonchev–Trinajstić information content (AvgIpc) is 2.74. The van der Waals surface area contributed by atoms with Gasteiger partial charge in [0.1, 0.15) is 24.5 Å². The van der Waals surface area contributed by atoms with Gasteiger partial charge in [-0.15, -0.1) is 0 Å². The van der Waals surface area contributed by atoms with Crippen LogP contribution in [-0.4, -0.2) is 27.5 Å². The Kier molecular flexibility index (Phi) is 2.37. The van der Waals surface area contributed by atoms with E-state index < -0.39 is 0 Å². The lowest BCUT2D eigenvalue weighted by atomic mass is 10.2. The number of fused-ring (bicyclic) bond motifs is 2. The summed E-state index contributed by atoms with van der Waals surface area (Å²) in [7, 11) is 0. The lowest BCUT2D eigenvalue weighted by molar-refractivity contribution is -0.944. The topological polar surface area (TPSA) is 25.8 Å². The molecule has 88 valence electrons. The van der Waals surface area contributed by atoms with Crippen molar-refractivity contribution < 1.29 is 4.48 Å². The Morgan fingerprint density at radius 3 is 1.82 bits per heavy atom. The number of quaternary nitrogens is 1. The lowest BCUT2D eigenvalue weighted by Crippen LogP contribution is -2.42. The molecule has 0 N–H and O–H groups in total. The third kappa shape index (κ3) is 1.62. The van der Waals surface area contributed by atoms with Gasteiger partial charge < -0.3 is 4.48 Å². The Hall–Kier alpha value is -1.48. The summed E-state index contributed by atoms with van der Waals surface area (Å²) in [5.74, 6) is 0. The van der Waals surface area contributed by atoms with Crippen molar-refractivity contribution in [2.75, 3.05) is 13.1 Å². The summed E-state index contributed by atoms with van der Waals surface area (Å²) < 4.78 is 1.10. The summed E-state index contributed by atoms with van der Waals surface area (Å²) in [6.45, 7) is 8.92. The number of aromatic nitrogens is 2. The molecule has 1 aliphatic rings. The van der Waals surface area contributed by atoms with E-state index in [-0.39, 0.29) is 0 Å². The predicted molar refractivity (Wildman–Crippen MR) is 68.3 cm³/mol. The minimum Gasteiger partial charge on any atom is -0.314 e. The van der Waals surface area contributed by atoms with Crippen LogP contribution >= 0.6 is 0 Å². The molecule has 1 aliphatic heterocycles. The molecule has 0 aliphatic carbocycles. The Balaban J connectivity index is 2.11. The number of hydrogen-bond acceptors (Lipinski definition) is 2. The van der Waals surface area contributed by atoms with E-state index in [0.29, 0.717) is 0 Å². The third-order valence-corrected chi connectivity index (χ3v) is 4.04. The predicted octanol–water partition coefficient (Wildman–Crippen LogP) is 2.50. The van der Waals surface area contributed by atoms with E-state index >= 15 is 0 Å². The van der Waals surface area contributed by atoms with Crippen LogP contribution in [0.3, 0.4) is 0 Å². The van der Waals surface area contributed by atoms with Crippen molar-refractivity contribution in [2.24, 2.45) is 0 Å². The molecule has 3 nitrogen and oxygen atoms in total. The Morgan fingerprint density at radius 1 is 0.941 bits per heavy atom. The summed E-state index contributed by atoms with van der Waals surface area (Å²) in [5, 5.41) is 0. The van der Waals surface area contributed by atoms with E-state index in [1.165, 1.54) is 11.4 Å². The number of hydrogen-bond donors (Lipinski definition) is 0. The third-order valence-electron chi connectivity index (χ3n) is 4.04. The van der Waals surface area contributed by atoms with Crippen molar-refractivity contribution in [1.82, 2.24) is 9.97 Å². The van der Waals surface area contributed by atoms with Crippen molar-refractivity contribution in [3.8, 4) is 0 Å². The normalized spacial score (nSPS) is 17.3. The molecule has 3 heteroatoms. The minimum absolute atomic E-state index is 1.03. The van der Waals surface area contributed by atoms with Crippen molar-refractivity contribution in [1.29, 1.82) is 0 Å². The van der Waals surface area contributed by atoms with E-state index in [1.54, 1.807) is 0 Å². The SMILES string of the molecule is CC[N+]1(CC)Cc2nc3ccccc3nc2C1. The first-order chi connectivity index (χ1) is 8.26. The highest BCUT2D eigenvalue weighted by atomic mass is 15.4. The van der Waals surface area contributed by atoms with Crippen molar-refractivity contribution in [3.63, 3.8) is 0 Å². The zero-order valence-corrected chi connectivity index (χ0v) is 10.5. The van der Waals surface area contributed by atoms with Gasteiger partial charge in [-0.25, -0.2) is 9.97 Å². The van der Waals surface area contributed by atoms with E-state index in [9.17, 15) is 0 Å². The molecule has 1 aromatic heterocycles. The highest BCUT2D eigenvalue weighted by Crippen LogP contribution is 2.28. The highest BCUT2D eigenvalue weighted by molar-refractivity contribution is 5.74. The van der Waals surface area contributed by atoms with Gasteiger partial charge in [-0.2, -0.15) is 0 Å². The van der Waals surface area contributed by atoms with Crippen LogP contribution < -0.4 is 0 Å². The Bertz CT molecular complexity index is 512. The zero-order valence-electron chi connectivity index (χ0n) is 10.5.